The lowest BCUT2D eigenvalue weighted by Gasteiger charge is -2.02. The maximum atomic E-state index is 11.4. The zero-order valence-electron chi connectivity index (χ0n) is 10.7. The number of nitrogens with zero attached hydrogens (tertiary/aromatic N) is 2. The van der Waals surface area contributed by atoms with Crippen molar-refractivity contribution in [2.24, 2.45) is 0 Å². The van der Waals surface area contributed by atoms with Gasteiger partial charge in [-0.05, 0) is 19.1 Å². The van der Waals surface area contributed by atoms with Gasteiger partial charge in [-0.1, -0.05) is 23.4 Å². The maximum absolute atomic E-state index is 11.4. The minimum absolute atomic E-state index is 0.187. The molecule has 0 aliphatic carbocycles. The third-order valence-electron chi connectivity index (χ3n) is 2.71. The number of aromatic nitrogens is 2. The highest BCUT2D eigenvalue weighted by atomic mass is 32.2. The first-order chi connectivity index (χ1) is 8.97. The van der Waals surface area contributed by atoms with E-state index >= 15 is 0 Å². The van der Waals surface area contributed by atoms with Crippen LogP contribution in [-0.4, -0.2) is 24.8 Å². The third-order valence-corrected chi connectivity index (χ3v) is 4.20. The Hall–Kier alpha value is -1.89. The van der Waals surface area contributed by atoms with Crippen molar-refractivity contribution < 1.29 is 12.9 Å². The van der Waals surface area contributed by atoms with Crippen molar-refractivity contribution in [2.75, 3.05) is 11.6 Å². The number of anilines is 1. The van der Waals surface area contributed by atoms with Gasteiger partial charge in [0.15, 0.2) is 15.7 Å². The molecule has 1 aromatic carbocycles. The van der Waals surface area contributed by atoms with Crippen LogP contribution in [-0.2, 0) is 16.4 Å². The van der Waals surface area contributed by atoms with Crippen LogP contribution in [0.4, 0.5) is 5.69 Å². The largest absolute Gasteiger partial charge is 0.376 e. The highest BCUT2D eigenvalue weighted by Gasteiger charge is 2.22. The van der Waals surface area contributed by atoms with Crippen LogP contribution in [0.5, 0.6) is 0 Å². The van der Waals surface area contributed by atoms with Gasteiger partial charge in [-0.2, -0.15) is 4.98 Å². The molecular formula is C12H15N3O3S. The Balaban J connectivity index is 2.02. The quantitative estimate of drug-likeness (QED) is 0.899. The molecule has 0 spiro atoms. The van der Waals surface area contributed by atoms with E-state index in [1.165, 1.54) is 6.92 Å². The van der Waals surface area contributed by atoms with Crippen LogP contribution in [0.2, 0.25) is 0 Å². The van der Waals surface area contributed by atoms with E-state index in [0.717, 1.165) is 11.9 Å². The van der Waals surface area contributed by atoms with Gasteiger partial charge in [0.1, 0.15) is 5.25 Å². The molecule has 1 unspecified atom stereocenters. The molecule has 1 aromatic heterocycles. The number of hydrogen-bond donors (Lipinski definition) is 1. The Morgan fingerprint density at radius 1 is 1.32 bits per heavy atom. The van der Waals surface area contributed by atoms with Gasteiger partial charge >= 0.3 is 0 Å². The van der Waals surface area contributed by atoms with Crippen molar-refractivity contribution in [2.45, 2.75) is 18.7 Å². The first-order valence-corrected chi connectivity index (χ1v) is 7.72. The van der Waals surface area contributed by atoms with E-state index in [4.69, 9.17) is 4.52 Å². The van der Waals surface area contributed by atoms with Gasteiger partial charge in [0, 0.05) is 11.9 Å². The predicted molar refractivity (Wildman–Crippen MR) is 71.3 cm³/mol. The molecule has 0 saturated heterocycles. The fourth-order valence-corrected chi connectivity index (χ4v) is 1.91. The van der Waals surface area contributed by atoms with Gasteiger partial charge in [0.2, 0.25) is 5.89 Å². The molecule has 2 rings (SSSR count). The van der Waals surface area contributed by atoms with Crippen LogP contribution in [0, 0.1) is 0 Å². The van der Waals surface area contributed by atoms with Crippen LogP contribution >= 0.6 is 0 Å². The summed E-state index contributed by atoms with van der Waals surface area (Å²) in [6.07, 6.45) is 1.15. The third kappa shape index (κ3) is 3.54. The molecule has 1 atom stereocenters. The zero-order chi connectivity index (χ0) is 13.9. The van der Waals surface area contributed by atoms with Crippen LogP contribution in [0.15, 0.2) is 34.9 Å². The van der Waals surface area contributed by atoms with Crippen molar-refractivity contribution in [1.82, 2.24) is 10.1 Å². The van der Waals surface area contributed by atoms with Crippen molar-refractivity contribution in [3.63, 3.8) is 0 Å². The number of sulfone groups is 1. The molecule has 0 bridgehead atoms. The van der Waals surface area contributed by atoms with E-state index in [0.29, 0.717) is 12.4 Å². The molecule has 2 aromatic rings. The molecule has 7 heteroatoms. The van der Waals surface area contributed by atoms with Crippen molar-refractivity contribution >= 4 is 15.5 Å². The van der Waals surface area contributed by atoms with Crippen LogP contribution < -0.4 is 5.32 Å². The maximum Gasteiger partial charge on any atom is 0.245 e. The Labute approximate surface area is 111 Å². The predicted octanol–water partition coefficient (Wildman–Crippen LogP) is 1.79. The molecule has 0 aliphatic rings. The van der Waals surface area contributed by atoms with Crippen LogP contribution in [0.25, 0.3) is 0 Å². The van der Waals surface area contributed by atoms with E-state index in [2.05, 4.69) is 15.5 Å². The van der Waals surface area contributed by atoms with Gasteiger partial charge in [0.25, 0.3) is 0 Å². The zero-order valence-corrected chi connectivity index (χ0v) is 11.5. The molecule has 0 saturated carbocycles. The summed E-state index contributed by atoms with van der Waals surface area (Å²) in [5.74, 6) is 0.543. The van der Waals surface area contributed by atoms with Crippen molar-refractivity contribution in [3.05, 3.63) is 42.0 Å². The molecular weight excluding hydrogens is 266 g/mol. The van der Waals surface area contributed by atoms with Gasteiger partial charge < -0.3 is 9.84 Å². The lowest BCUT2D eigenvalue weighted by atomic mass is 10.3. The smallest absolute Gasteiger partial charge is 0.245 e. The molecule has 1 N–H and O–H groups in total. The number of rotatable bonds is 5. The summed E-state index contributed by atoms with van der Waals surface area (Å²) in [6.45, 7) is 1.89. The SMILES string of the molecule is CC(c1noc(CNc2ccccc2)n1)S(C)(=O)=O. The summed E-state index contributed by atoms with van der Waals surface area (Å²) < 4.78 is 27.8. The lowest BCUT2D eigenvalue weighted by molar-refractivity contribution is 0.377. The van der Waals surface area contributed by atoms with Crippen LogP contribution in [0.1, 0.15) is 23.9 Å². The molecule has 0 fully saturated rings. The van der Waals surface area contributed by atoms with Gasteiger partial charge in [-0.3, -0.25) is 0 Å². The Bertz CT molecular complexity index is 637. The van der Waals surface area contributed by atoms with Crippen LogP contribution in [0.3, 0.4) is 0 Å². The number of benzene rings is 1. The summed E-state index contributed by atoms with van der Waals surface area (Å²) in [6, 6.07) is 9.57. The summed E-state index contributed by atoms with van der Waals surface area (Å²) in [5.41, 5.74) is 0.929. The minimum atomic E-state index is -3.22. The molecule has 0 amide bonds. The summed E-state index contributed by atoms with van der Waals surface area (Å²) >= 11 is 0. The van der Waals surface area contributed by atoms with Gasteiger partial charge in [-0.15, -0.1) is 0 Å². The molecule has 19 heavy (non-hydrogen) atoms. The topological polar surface area (TPSA) is 85.1 Å². The first kappa shape index (κ1) is 13.5. The van der Waals surface area contributed by atoms with Crippen molar-refractivity contribution in [1.29, 1.82) is 0 Å². The normalized spacial score (nSPS) is 13.2. The Morgan fingerprint density at radius 2 is 2.00 bits per heavy atom. The molecule has 6 nitrogen and oxygen atoms in total. The summed E-state index contributed by atoms with van der Waals surface area (Å²) in [5, 5.41) is 6.03. The lowest BCUT2D eigenvalue weighted by Crippen LogP contribution is -2.09. The second kappa shape index (κ2) is 5.40. The fourth-order valence-electron chi connectivity index (χ4n) is 1.43. The number of nitrogens with one attached hydrogen (secondary N) is 1. The highest BCUT2D eigenvalue weighted by molar-refractivity contribution is 7.90. The molecule has 0 radical (unpaired) electrons. The van der Waals surface area contributed by atoms with E-state index in [-0.39, 0.29) is 5.82 Å². The van der Waals surface area contributed by atoms with E-state index in [1.807, 2.05) is 30.3 Å². The fraction of sp³-hybridized carbons (Fsp3) is 0.333. The molecule has 1 heterocycles. The average Bonchev–Trinajstić information content (AvgIpc) is 2.84. The first-order valence-electron chi connectivity index (χ1n) is 5.77. The summed E-state index contributed by atoms with van der Waals surface area (Å²) in [7, 11) is -3.22. The second-order valence-corrected chi connectivity index (χ2v) is 6.60. The van der Waals surface area contributed by atoms with Crippen molar-refractivity contribution in [3.8, 4) is 0 Å². The monoisotopic (exact) mass is 281 g/mol. The second-order valence-electron chi connectivity index (χ2n) is 4.24. The standard InChI is InChI=1S/C12H15N3O3S/c1-9(19(2,16)17)12-14-11(18-15-12)8-13-10-6-4-3-5-7-10/h3-7,9,13H,8H2,1-2H3. The van der Waals surface area contributed by atoms with E-state index in [9.17, 15) is 8.42 Å². The Morgan fingerprint density at radius 3 is 2.63 bits per heavy atom. The minimum Gasteiger partial charge on any atom is -0.376 e. The Kier molecular flexibility index (Phi) is 3.84. The van der Waals surface area contributed by atoms with E-state index < -0.39 is 15.1 Å². The van der Waals surface area contributed by atoms with Gasteiger partial charge in [-0.25, -0.2) is 8.42 Å². The number of hydrogen-bond acceptors (Lipinski definition) is 6. The van der Waals surface area contributed by atoms with Gasteiger partial charge in [0.05, 0.1) is 6.54 Å². The highest BCUT2D eigenvalue weighted by Crippen LogP contribution is 2.17. The van der Waals surface area contributed by atoms with E-state index in [1.54, 1.807) is 0 Å². The molecule has 0 aliphatic heterocycles. The summed E-state index contributed by atoms with van der Waals surface area (Å²) in [4.78, 5) is 4.07. The average molecular weight is 281 g/mol. The number of para-hydroxylation sites is 1. The molecule has 102 valence electrons.